The Morgan fingerprint density at radius 1 is 1.29 bits per heavy atom. The normalized spacial score (nSPS) is 19.6. The van der Waals surface area contributed by atoms with Crippen LogP contribution >= 0.6 is 23.2 Å². The number of benzene rings is 1. The Labute approximate surface area is 136 Å². The van der Waals surface area contributed by atoms with Crippen molar-refractivity contribution in [1.82, 2.24) is 9.62 Å². The molecule has 1 aromatic rings. The quantitative estimate of drug-likeness (QED) is 0.907. The highest BCUT2D eigenvalue weighted by atomic mass is 35.5. The summed E-state index contributed by atoms with van der Waals surface area (Å²) >= 11 is 12.3. The van der Waals surface area contributed by atoms with E-state index < -0.39 is 10.0 Å². The Morgan fingerprint density at radius 3 is 2.48 bits per heavy atom. The third kappa shape index (κ3) is 4.33. The van der Waals surface area contributed by atoms with E-state index in [1.807, 2.05) is 19.1 Å². The lowest BCUT2D eigenvalue weighted by molar-refractivity contribution is 0.278. The van der Waals surface area contributed by atoms with E-state index in [0.29, 0.717) is 23.1 Å². The van der Waals surface area contributed by atoms with Crippen LogP contribution in [0.5, 0.6) is 0 Å². The predicted molar refractivity (Wildman–Crippen MR) is 87.5 cm³/mol. The van der Waals surface area contributed by atoms with Gasteiger partial charge in [-0.15, -0.1) is 0 Å². The van der Waals surface area contributed by atoms with Gasteiger partial charge in [0.15, 0.2) is 0 Å². The monoisotopic (exact) mass is 350 g/mol. The minimum Gasteiger partial charge on any atom is -0.307 e. The van der Waals surface area contributed by atoms with Crippen LogP contribution < -0.4 is 5.32 Å². The van der Waals surface area contributed by atoms with E-state index in [1.165, 1.54) is 10.6 Å². The summed E-state index contributed by atoms with van der Waals surface area (Å²) in [7, 11) is -3.08. The maximum Gasteiger partial charge on any atom is 0.211 e. The molecule has 1 atom stereocenters. The van der Waals surface area contributed by atoms with Gasteiger partial charge in [-0.05, 0) is 31.4 Å². The molecule has 1 aliphatic heterocycles. The number of piperidine rings is 1. The number of halogens is 2. The maximum atomic E-state index is 11.5. The highest BCUT2D eigenvalue weighted by molar-refractivity contribution is 7.88. The van der Waals surface area contributed by atoms with Crippen molar-refractivity contribution in [3.63, 3.8) is 0 Å². The van der Waals surface area contributed by atoms with Crippen LogP contribution in [-0.4, -0.2) is 38.1 Å². The van der Waals surface area contributed by atoms with Crippen LogP contribution in [0, 0.1) is 0 Å². The van der Waals surface area contributed by atoms with E-state index in [2.05, 4.69) is 5.32 Å². The molecule has 1 heterocycles. The third-order valence-corrected chi connectivity index (χ3v) is 5.99. The van der Waals surface area contributed by atoms with Crippen molar-refractivity contribution in [2.75, 3.05) is 19.3 Å². The molecular weight excluding hydrogens is 331 g/mol. The van der Waals surface area contributed by atoms with Gasteiger partial charge in [0.2, 0.25) is 10.0 Å². The molecule has 7 heteroatoms. The molecule has 0 aromatic heterocycles. The first kappa shape index (κ1) is 17.0. The number of rotatable bonds is 4. The Morgan fingerprint density at radius 2 is 1.90 bits per heavy atom. The molecule has 21 heavy (non-hydrogen) atoms. The molecule has 1 unspecified atom stereocenters. The first-order valence-corrected chi connectivity index (χ1v) is 9.54. The van der Waals surface area contributed by atoms with Gasteiger partial charge in [0, 0.05) is 25.2 Å². The van der Waals surface area contributed by atoms with E-state index in [1.54, 1.807) is 6.07 Å². The van der Waals surface area contributed by atoms with Gasteiger partial charge < -0.3 is 5.32 Å². The number of hydrogen-bond donors (Lipinski definition) is 1. The van der Waals surface area contributed by atoms with Crippen molar-refractivity contribution in [1.29, 1.82) is 0 Å². The smallest absolute Gasteiger partial charge is 0.211 e. The zero-order chi connectivity index (χ0) is 15.6. The minimum absolute atomic E-state index is 0.0750. The predicted octanol–water partition coefficient (Wildman–Crippen LogP) is 3.07. The van der Waals surface area contributed by atoms with Gasteiger partial charge in [-0.3, -0.25) is 0 Å². The van der Waals surface area contributed by atoms with Crippen LogP contribution in [0.15, 0.2) is 18.2 Å². The van der Waals surface area contributed by atoms with Crippen molar-refractivity contribution in [2.24, 2.45) is 0 Å². The van der Waals surface area contributed by atoms with Crippen LogP contribution in [0.4, 0.5) is 0 Å². The van der Waals surface area contributed by atoms with Crippen molar-refractivity contribution >= 4 is 33.2 Å². The average Bonchev–Trinajstić information content (AvgIpc) is 2.41. The molecule has 1 aromatic carbocycles. The fourth-order valence-corrected chi connectivity index (χ4v) is 4.00. The largest absolute Gasteiger partial charge is 0.307 e. The second-order valence-electron chi connectivity index (χ2n) is 5.47. The Balaban J connectivity index is 1.96. The molecule has 0 spiro atoms. The van der Waals surface area contributed by atoms with Crippen molar-refractivity contribution < 1.29 is 8.42 Å². The molecule has 118 valence electrons. The maximum absolute atomic E-state index is 11.5. The first-order chi connectivity index (χ1) is 9.79. The molecule has 0 saturated carbocycles. The fourth-order valence-electron chi connectivity index (χ4n) is 2.65. The molecule has 2 rings (SSSR count). The average molecular weight is 351 g/mol. The molecule has 1 N–H and O–H groups in total. The summed E-state index contributed by atoms with van der Waals surface area (Å²) in [5.41, 5.74) is 0.967. The standard InChI is InChI=1S/C14H20Cl2N2O2S/c1-10(12-4-3-5-13(15)14(12)16)17-11-6-8-18(9-7-11)21(2,19)20/h3-5,10-11,17H,6-9H2,1-2H3. The van der Waals surface area contributed by atoms with Crippen LogP contribution in [0.1, 0.15) is 31.4 Å². The SMILES string of the molecule is CC(NC1CCN(S(C)(=O)=O)CC1)c1cccc(Cl)c1Cl. The lowest BCUT2D eigenvalue weighted by atomic mass is 10.0. The van der Waals surface area contributed by atoms with Gasteiger partial charge in [0.05, 0.1) is 16.3 Å². The molecule has 4 nitrogen and oxygen atoms in total. The molecule has 0 aliphatic carbocycles. The number of nitrogens with one attached hydrogen (secondary N) is 1. The fraction of sp³-hybridized carbons (Fsp3) is 0.571. The molecule has 0 bridgehead atoms. The van der Waals surface area contributed by atoms with Crippen molar-refractivity contribution in [3.8, 4) is 0 Å². The van der Waals surface area contributed by atoms with E-state index in [9.17, 15) is 8.42 Å². The first-order valence-electron chi connectivity index (χ1n) is 6.94. The zero-order valence-electron chi connectivity index (χ0n) is 12.1. The van der Waals surface area contributed by atoms with Gasteiger partial charge in [-0.1, -0.05) is 35.3 Å². The third-order valence-electron chi connectivity index (χ3n) is 3.86. The molecule has 1 aliphatic rings. The van der Waals surface area contributed by atoms with Gasteiger partial charge in [0.25, 0.3) is 0 Å². The van der Waals surface area contributed by atoms with Crippen LogP contribution in [-0.2, 0) is 10.0 Å². The molecule has 0 radical (unpaired) electrons. The Kier molecular flexibility index (Phi) is 5.54. The van der Waals surface area contributed by atoms with Crippen molar-refractivity contribution in [3.05, 3.63) is 33.8 Å². The van der Waals surface area contributed by atoms with Gasteiger partial charge in [-0.2, -0.15) is 0 Å². The van der Waals surface area contributed by atoms with Gasteiger partial charge in [0.1, 0.15) is 0 Å². The summed E-state index contributed by atoms with van der Waals surface area (Å²) in [5.74, 6) is 0. The highest BCUT2D eigenvalue weighted by Crippen LogP contribution is 2.30. The molecule has 1 saturated heterocycles. The molecule has 0 amide bonds. The van der Waals surface area contributed by atoms with E-state index in [4.69, 9.17) is 23.2 Å². The summed E-state index contributed by atoms with van der Waals surface area (Å²) in [5, 5.41) is 4.64. The second-order valence-corrected chi connectivity index (χ2v) is 8.24. The zero-order valence-corrected chi connectivity index (χ0v) is 14.5. The number of hydrogen-bond acceptors (Lipinski definition) is 3. The van der Waals surface area contributed by atoms with E-state index in [-0.39, 0.29) is 12.1 Å². The Bertz CT molecular complexity index is 599. The van der Waals surface area contributed by atoms with E-state index in [0.717, 1.165) is 18.4 Å². The number of nitrogens with zero attached hydrogens (tertiary/aromatic N) is 1. The summed E-state index contributed by atoms with van der Waals surface area (Å²) < 4.78 is 24.5. The van der Waals surface area contributed by atoms with Crippen LogP contribution in [0.2, 0.25) is 10.0 Å². The minimum atomic E-state index is -3.08. The van der Waals surface area contributed by atoms with Crippen LogP contribution in [0.25, 0.3) is 0 Å². The molecular formula is C14H20Cl2N2O2S. The molecule has 1 fully saturated rings. The van der Waals surface area contributed by atoms with Gasteiger partial charge in [-0.25, -0.2) is 12.7 Å². The Hall–Kier alpha value is -0.330. The lowest BCUT2D eigenvalue weighted by Gasteiger charge is -2.32. The second kappa shape index (κ2) is 6.84. The summed E-state index contributed by atoms with van der Waals surface area (Å²) in [6.07, 6.45) is 2.86. The summed E-state index contributed by atoms with van der Waals surface area (Å²) in [6.45, 7) is 3.17. The summed E-state index contributed by atoms with van der Waals surface area (Å²) in [4.78, 5) is 0. The lowest BCUT2D eigenvalue weighted by Crippen LogP contribution is -2.45. The highest BCUT2D eigenvalue weighted by Gasteiger charge is 2.26. The topological polar surface area (TPSA) is 49.4 Å². The van der Waals surface area contributed by atoms with E-state index >= 15 is 0 Å². The number of sulfonamides is 1. The van der Waals surface area contributed by atoms with Gasteiger partial charge >= 0.3 is 0 Å². The van der Waals surface area contributed by atoms with Crippen molar-refractivity contribution in [2.45, 2.75) is 31.8 Å². The summed E-state index contributed by atoms with van der Waals surface area (Å²) in [6, 6.07) is 5.97. The van der Waals surface area contributed by atoms with Crippen LogP contribution in [0.3, 0.4) is 0 Å².